The van der Waals surface area contributed by atoms with Crippen LogP contribution in [0.2, 0.25) is 0 Å². The van der Waals surface area contributed by atoms with Crippen LogP contribution in [0.25, 0.3) is 0 Å². The molecule has 2 nitrogen and oxygen atoms in total. The number of hydrogen-bond acceptors (Lipinski definition) is 4. The fourth-order valence-corrected chi connectivity index (χ4v) is 2.04. The SMILES string of the molecule is CCCSSC(=O)O[C](C)C. The molecule has 0 rings (SSSR count). The van der Waals surface area contributed by atoms with Crippen molar-refractivity contribution in [2.24, 2.45) is 0 Å². The average molecular weight is 193 g/mol. The molecule has 0 heterocycles. The predicted molar refractivity (Wildman–Crippen MR) is 51.4 cm³/mol. The number of ether oxygens (including phenoxy) is 1. The van der Waals surface area contributed by atoms with Crippen LogP contribution < -0.4 is 0 Å². The van der Waals surface area contributed by atoms with Gasteiger partial charge in [0.05, 0.1) is 0 Å². The van der Waals surface area contributed by atoms with Crippen molar-refractivity contribution in [3.8, 4) is 0 Å². The Kier molecular flexibility index (Phi) is 6.96. The second kappa shape index (κ2) is 6.85. The molecular formula is C7H13O2S2. The standard InChI is InChI=1S/C7H13O2S2/c1-4-5-10-11-7(8)9-6(2)3/h4-5H2,1-3H3. The van der Waals surface area contributed by atoms with E-state index in [1.54, 1.807) is 13.8 Å². The first-order chi connectivity index (χ1) is 5.16. The Morgan fingerprint density at radius 2 is 2.09 bits per heavy atom. The van der Waals surface area contributed by atoms with Gasteiger partial charge in [0.2, 0.25) is 0 Å². The quantitative estimate of drug-likeness (QED) is 0.388. The molecule has 65 valence electrons. The summed E-state index contributed by atoms with van der Waals surface area (Å²) in [5.74, 6) is 0.989. The molecule has 0 aliphatic rings. The minimum atomic E-state index is -0.219. The molecule has 0 N–H and O–H groups in total. The maximum atomic E-state index is 10.8. The lowest BCUT2D eigenvalue weighted by molar-refractivity contribution is 0.185. The van der Waals surface area contributed by atoms with E-state index in [2.05, 4.69) is 6.92 Å². The molecule has 4 heteroatoms. The third-order valence-electron chi connectivity index (χ3n) is 0.702. The topological polar surface area (TPSA) is 26.3 Å². The van der Waals surface area contributed by atoms with Gasteiger partial charge < -0.3 is 4.74 Å². The van der Waals surface area contributed by atoms with Crippen molar-refractivity contribution in [1.82, 2.24) is 0 Å². The van der Waals surface area contributed by atoms with Crippen LogP contribution in [-0.2, 0) is 4.74 Å². The Labute approximate surface area is 75.9 Å². The summed E-state index contributed by atoms with van der Waals surface area (Å²) in [6, 6.07) is 0. The van der Waals surface area contributed by atoms with Crippen LogP contribution in [0.1, 0.15) is 27.2 Å². The zero-order valence-electron chi connectivity index (χ0n) is 7.05. The monoisotopic (exact) mass is 193 g/mol. The number of hydrogen-bond donors (Lipinski definition) is 0. The molecule has 0 saturated carbocycles. The summed E-state index contributed by atoms with van der Waals surface area (Å²) in [5.41, 5.74) is 0. The molecule has 11 heavy (non-hydrogen) atoms. The van der Waals surface area contributed by atoms with Gasteiger partial charge in [-0.05, 0) is 20.3 Å². The van der Waals surface area contributed by atoms with Crippen LogP contribution in [0.15, 0.2) is 0 Å². The zero-order chi connectivity index (χ0) is 8.69. The van der Waals surface area contributed by atoms with Crippen LogP contribution in [0.4, 0.5) is 4.79 Å². The van der Waals surface area contributed by atoms with E-state index in [4.69, 9.17) is 4.74 Å². The second-order valence-corrected chi connectivity index (χ2v) is 4.52. The van der Waals surface area contributed by atoms with E-state index in [1.165, 1.54) is 10.8 Å². The lowest BCUT2D eigenvalue weighted by atomic mass is 10.5. The molecular weight excluding hydrogens is 180 g/mol. The highest BCUT2D eigenvalue weighted by atomic mass is 33.1. The van der Waals surface area contributed by atoms with Crippen LogP contribution in [-0.4, -0.2) is 11.1 Å². The fourth-order valence-electron chi connectivity index (χ4n) is 0.357. The smallest absolute Gasteiger partial charge is 0.378 e. The lowest BCUT2D eigenvalue weighted by Crippen LogP contribution is -1.97. The molecule has 0 atom stereocenters. The zero-order valence-corrected chi connectivity index (χ0v) is 8.68. The van der Waals surface area contributed by atoms with Crippen LogP contribution in [0.5, 0.6) is 0 Å². The molecule has 0 aromatic heterocycles. The summed E-state index contributed by atoms with van der Waals surface area (Å²) in [5, 5.41) is -0.219. The van der Waals surface area contributed by atoms with E-state index in [0.717, 1.165) is 23.0 Å². The molecule has 0 spiro atoms. The Hall–Kier alpha value is 0.170. The van der Waals surface area contributed by atoms with Gasteiger partial charge in [0.1, 0.15) is 6.10 Å². The van der Waals surface area contributed by atoms with E-state index in [1.807, 2.05) is 0 Å². The minimum Gasteiger partial charge on any atom is -0.447 e. The van der Waals surface area contributed by atoms with Crippen molar-refractivity contribution in [2.45, 2.75) is 27.2 Å². The average Bonchev–Trinajstić information content (AvgIpc) is 1.86. The Bertz CT molecular complexity index is 115. The molecule has 0 fully saturated rings. The summed E-state index contributed by atoms with van der Waals surface area (Å²) < 4.78 is 4.82. The van der Waals surface area contributed by atoms with Gasteiger partial charge >= 0.3 is 5.30 Å². The van der Waals surface area contributed by atoms with Gasteiger partial charge in [-0.1, -0.05) is 17.7 Å². The summed E-state index contributed by atoms with van der Waals surface area (Å²) in [6.45, 7) is 5.61. The van der Waals surface area contributed by atoms with Crippen molar-refractivity contribution in [3.05, 3.63) is 6.10 Å². The van der Waals surface area contributed by atoms with Crippen LogP contribution >= 0.6 is 21.6 Å². The van der Waals surface area contributed by atoms with E-state index in [9.17, 15) is 4.79 Å². The highest BCUT2D eigenvalue weighted by Crippen LogP contribution is 2.25. The first-order valence-corrected chi connectivity index (χ1v) is 5.80. The Morgan fingerprint density at radius 3 is 2.55 bits per heavy atom. The van der Waals surface area contributed by atoms with Gasteiger partial charge in [0, 0.05) is 16.5 Å². The molecule has 0 amide bonds. The summed E-state index contributed by atoms with van der Waals surface area (Å²) in [6.07, 6.45) is 1.78. The van der Waals surface area contributed by atoms with Gasteiger partial charge in [-0.15, -0.1) is 0 Å². The van der Waals surface area contributed by atoms with Gasteiger partial charge in [-0.2, -0.15) is 0 Å². The van der Waals surface area contributed by atoms with Crippen molar-refractivity contribution in [2.75, 3.05) is 5.75 Å². The largest absolute Gasteiger partial charge is 0.447 e. The molecule has 0 aliphatic carbocycles. The van der Waals surface area contributed by atoms with E-state index in [-0.39, 0.29) is 5.30 Å². The maximum Gasteiger partial charge on any atom is 0.378 e. The van der Waals surface area contributed by atoms with E-state index < -0.39 is 0 Å². The first kappa shape index (κ1) is 11.2. The molecule has 0 unspecified atom stereocenters. The van der Waals surface area contributed by atoms with Crippen molar-refractivity contribution in [1.29, 1.82) is 0 Å². The molecule has 0 bridgehead atoms. The van der Waals surface area contributed by atoms with Gasteiger partial charge in [0.15, 0.2) is 0 Å². The predicted octanol–water partition coefficient (Wildman–Crippen LogP) is 3.49. The van der Waals surface area contributed by atoms with Crippen LogP contribution in [0, 0.1) is 6.10 Å². The van der Waals surface area contributed by atoms with Gasteiger partial charge in [-0.3, -0.25) is 0 Å². The molecule has 0 saturated heterocycles. The van der Waals surface area contributed by atoms with E-state index in [0.29, 0.717) is 6.10 Å². The lowest BCUT2D eigenvalue weighted by Gasteiger charge is -2.04. The third kappa shape index (κ3) is 8.07. The molecule has 0 aromatic carbocycles. The highest BCUT2D eigenvalue weighted by molar-refractivity contribution is 8.82. The number of carbonyl (C=O) groups excluding carboxylic acids is 1. The normalized spacial score (nSPS) is 10.2. The minimum absolute atomic E-state index is 0.219. The first-order valence-electron chi connectivity index (χ1n) is 3.48. The number of rotatable bonds is 4. The summed E-state index contributed by atoms with van der Waals surface area (Å²) in [7, 11) is 2.70. The summed E-state index contributed by atoms with van der Waals surface area (Å²) >= 11 is 0. The molecule has 0 aromatic rings. The Morgan fingerprint density at radius 1 is 1.45 bits per heavy atom. The van der Waals surface area contributed by atoms with Gasteiger partial charge in [-0.25, -0.2) is 4.79 Å². The number of carbonyl (C=O) groups is 1. The fraction of sp³-hybridized carbons (Fsp3) is 0.714. The molecule has 1 radical (unpaired) electrons. The summed E-state index contributed by atoms with van der Waals surface area (Å²) in [4.78, 5) is 10.8. The highest BCUT2D eigenvalue weighted by Gasteiger charge is 2.06. The van der Waals surface area contributed by atoms with Gasteiger partial charge in [0.25, 0.3) is 0 Å². The van der Waals surface area contributed by atoms with Crippen LogP contribution in [0.3, 0.4) is 0 Å². The van der Waals surface area contributed by atoms with Crippen molar-refractivity contribution < 1.29 is 9.53 Å². The second-order valence-electron chi connectivity index (χ2n) is 2.17. The Balaban J connectivity index is 3.23. The van der Waals surface area contributed by atoms with Crippen molar-refractivity contribution >= 4 is 26.9 Å². The molecule has 0 aliphatic heterocycles. The van der Waals surface area contributed by atoms with Crippen molar-refractivity contribution in [3.63, 3.8) is 0 Å². The van der Waals surface area contributed by atoms with E-state index >= 15 is 0 Å². The third-order valence-corrected chi connectivity index (χ3v) is 2.88. The maximum absolute atomic E-state index is 10.8.